The molecule has 1 aromatic heterocycles. The molecule has 1 aromatic carbocycles. The highest BCUT2D eigenvalue weighted by molar-refractivity contribution is 9.10. The summed E-state index contributed by atoms with van der Waals surface area (Å²) in [6, 6.07) is 6.70. The zero-order valence-corrected chi connectivity index (χ0v) is 19.4. The lowest BCUT2D eigenvalue weighted by Crippen LogP contribution is -2.39. The Morgan fingerprint density at radius 2 is 2.03 bits per heavy atom. The number of anilines is 2. The summed E-state index contributed by atoms with van der Waals surface area (Å²) in [5.74, 6) is 2.39. The first kappa shape index (κ1) is 19.8. The Morgan fingerprint density at radius 1 is 1.17 bits per heavy atom. The SMILES string of the molecule is Cc1cc2c(cc1Br)Oc1cc(Br)cnc1N2CCOCCN1C[C@@H]2C[C@H]1CO2. The number of hydrogen-bond acceptors (Lipinski definition) is 6. The average Bonchev–Trinajstić information content (AvgIpc) is 3.31. The van der Waals surface area contributed by atoms with E-state index >= 15 is 0 Å². The number of morpholine rings is 1. The summed E-state index contributed by atoms with van der Waals surface area (Å²) in [5.41, 5.74) is 2.18. The van der Waals surface area contributed by atoms with E-state index in [0.29, 0.717) is 25.3 Å². The van der Waals surface area contributed by atoms with E-state index in [-0.39, 0.29) is 0 Å². The normalized spacial score (nSPS) is 22.5. The molecule has 4 heterocycles. The summed E-state index contributed by atoms with van der Waals surface area (Å²) < 4.78 is 19.7. The van der Waals surface area contributed by atoms with Crippen molar-refractivity contribution in [3.8, 4) is 11.5 Å². The van der Waals surface area contributed by atoms with Gasteiger partial charge in [-0.15, -0.1) is 0 Å². The smallest absolute Gasteiger partial charge is 0.176 e. The van der Waals surface area contributed by atoms with Crippen LogP contribution in [0.5, 0.6) is 11.5 Å². The number of ether oxygens (including phenoxy) is 3. The summed E-state index contributed by atoms with van der Waals surface area (Å²) in [6.45, 7) is 7.06. The zero-order valence-electron chi connectivity index (χ0n) is 16.2. The van der Waals surface area contributed by atoms with E-state index in [4.69, 9.17) is 14.2 Å². The zero-order chi connectivity index (χ0) is 20.0. The number of halogens is 2. The molecular weight excluding hydrogens is 502 g/mol. The van der Waals surface area contributed by atoms with Gasteiger partial charge in [0.2, 0.25) is 0 Å². The van der Waals surface area contributed by atoms with Gasteiger partial charge in [-0.05, 0) is 47.0 Å². The lowest BCUT2D eigenvalue weighted by Gasteiger charge is -2.32. The van der Waals surface area contributed by atoms with Crippen LogP contribution in [0, 0.1) is 6.92 Å². The van der Waals surface area contributed by atoms with E-state index in [0.717, 1.165) is 63.8 Å². The number of pyridine rings is 1. The van der Waals surface area contributed by atoms with E-state index in [9.17, 15) is 0 Å². The molecule has 154 valence electrons. The standard InChI is InChI=1S/C21H23Br2N3O3/c1-13-6-18-19(9-17(13)23)29-20-7-14(22)10-24-21(20)26(18)3-5-27-4-2-25-11-16-8-15(25)12-28-16/h6-7,9-10,15-16H,2-5,8,11-12H2,1H3/t15-,16-/m0/s1. The third-order valence-corrected chi connectivity index (χ3v) is 7.09. The molecule has 2 bridgehead atoms. The molecule has 5 rings (SSSR count). The van der Waals surface area contributed by atoms with Crippen molar-refractivity contribution in [3.63, 3.8) is 0 Å². The molecular formula is C21H23Br2N3O3. The lowest BCUT2D eigenvalue weighted by atomic mass is 10.1. The fourth-order valence-corrected chi connectivity index (χ4v) is 4.92. The van der Waals surface area contributed by atoms with E-state index in [2.05, 4.69) is 59.6 Å². The van der Waals surface area contributed by atoms with Crippen LogP contribution in [-0.2, 0) is 9.47 Å². The summed E-state index contributed by atoms with van der Waals surface area (Å²) in [6.07, 6.45) is 3.42. The van der Waals surface area contributed by atoms with E-state index in [1.54, 1.807) is 6.20 Å². The molecule has 2 saturated heterocycles. The van der Waals surface area contributed by atoms with Crippen LogP contribution < -0.4 is 9.64 Å². The van der Waals surface area contributed by atoms with Crippen LogP contribution in [0.2, 0.25) is 0 Å². The van der Waals surface area contributed by atoms with Crippen LogP contribution in [0.1, 0.15) is 12.0 Å². The van der Waals surface area contributed by atoms with Crippen molar-refractivity contribution >= 4 is 43.4 Å². The summed E-state index contributed by atoms with van der Waals surface area (Å²) >= 11 is 7.09. The quantitative estimate of drug-likeness (QED) is 0.513. The number of rotatable bonds is 6. The Labute approximate surface area is 187 Å². The predicted molar refractivity (Wildman–Crippen MR) is 118 cm³/mol. The van der Waals surface area contributed by atoms with Crippen molar-refractivity contribution < 1.29 is 14.2 Å². The molecule has 0 saturated carbocycles. The molecule has 0 N–H and O–H groups in total. The fraction of sp³-hybridized carbons (Fsp3) is 0.476. The third kappa shape index (κ3) is 3.93. The Morgan fingerprint density at radius 3 is 2.83 bits per heavy atom. The van der Waals surface area contributed by atoms with Gasteiger partial charge in [-0.1, -0.05) is 15.9 Å². The van der Waals surface area contributed by atoms with Gasteiger partial charge in [0, 0.05) is 46.9 Å². The highest BCUT2D eigenvalue weighted by Crippen LogP contribution is 2.47. The summed E-state index contributed by atoms with van der Waals surface area (Å²) in [7, 11) is 0. The van der Waals surface area contributed by atoms with Gasteiger partial charge in [0.25, 0.3) is 0 Å². The monoisotopic (exact) mass is 523 g/mol. The largest absolute Gasteiger partial charge is 0.451 e. The first-order valence-corrected chi connectivity index (χ1v) is 11.5. The molecule has 0 amide bonds. The molecule has 3 aliphatic heterocycles. The van der Waals surface area contributed by atoms with Crippen molar-refractivity contribution in [3.05, 3.63) is 38.9 Å². The minimum Gasteiger partial charge on any atom is -0.451 e. The molecule has 0 radical (unpaired) electrons. The Bertz CT molecular complexity index is 926. The Kier molecular flexibility index (Phi) is 5.55. The highest BCUT2D eigenvalue weighted by Gasteiger charge is 2.38. The average molecular weight is 525 g/mol. The number of fused-ring (bicyclic) bond motifs is 4. The van der Waals surface area contributed by atoms with E-state index < -0.39 is 0 Å². The van der Waals surface area contributed by atoms with Crippen molar-refractivity contribution in [1.29, 1.82) is 0 Å². The minimum absolute atomic E-state index is 0.439. The second kappa shape index (κ2) is 8.15. The molecule has 6 nitrogen and oxygen atoms in total. The van der Waals surface area contributed by atoms with Gasteiger partial charge in [-0.25, -0.2) is 4.98 Å². The second-order valence-electron chi connectivity index (χ2n) is 7.75. The van der Waals surface area contributed by atoms with Crippen molar-refractivity contribution in [2.45, 2.75) is 25.5 Å². The maximum absolute atomic E-state index is 6.12. The van der Waals surface area contributed by atoms with E-state index in [1.165, 1.54) is 6.42 Å². The van der Waals surface area contributed by atoms with Crippen LogP contribution in [-0.4, -0.2) is 61.5 Å². The van der Waals surface area contributed by atoms with Crippen LogP contribution >= 0.6 is 31.9 Å². The van der Waals surface area contributed by atoms with Crippen molar-refractivity contribution in [2.75, 3.05) is 44.4 Å². The Hall–Kier alpha value is -1.19. The topological polar surface area (TPSA) is 47.1 Å². The van der Waals surface area contributed by atoms with Gasteiger partial charge in [0.05, 0.1) is 31.6 Å². The van der Waals surface area contributed by atoms with Gasteiger partial charge in [-0.2, -0.15) is 0 Å². The van der Waals surface area contributed by atoms with E-state index in [1.807, 2.05) is 12.1 Å². The van der Waals surface area contributed by atoms with Gasteiger partial charge >= 0.3 is 0 Å². The molecule has 3 aliphatic rings. The fourth-order valence-electron chi connectivity index (χ4n) is 4.28. The van der Waals surface area contributed by atoms with Crippen LogP contribution in [0.15, 0.2) is 33.3 Å². The molecule has 2 fully saturated rings. The first-order valence-electron chi connectivity index (χ1n) is 9.93. The maximum Gasteiger partial charge on any atom is 0.176 e. The Balaban J connectivity index is 1.26. The third-order valence-electron chi connectivity index (χ3n) is 5.80. The number of likely N-dealkylation sites (tertiary alicyclic amines) is 1. The van der Waals surface area contributed by atoms with Crippen LogP contribution in [0.4, 0.5) is 11.5 Å². The highest BCUT2D eigenvalue weighted by atomic mass is 79.9. The van der Waals surface area contributed by atoms with Crippen LogP contribution in [0.3, 0.4) is 0 Å². The lowest BCUT2D eigenvalue weighted by molar-refractivity contribution is 0.0163. The molecule has 29 heavy (non-hydrogen) atoms. The van der Waals surface area contributed by atoms with Gasteiger partial charge in [0.15, 0.2) is 17.3 Å². The maximum atomic E-state index is 6.12. The number of hydrogen-bond donors (Lipinski definition) is 0. The minimum atomic E-state index is 0.439. The first-order chi connectivity index (χ1) is 14.1. The number of nitrogens with zero attached hydrogens (tertiary/aromatic N) is 3. The number of aromatic nitrogens is 1. The molecule has 2 atom stereocenters. The molecule has 0 aliphatic carbocycles. The molecule has 0 spiro atoms. The molecule has 8 heteroatoms. The summed E-state index contributed by atoms with van der Waals surface area (Å²) in [5, 5.41) is 0. The van der Waals surface area contributed by atoms with Crippen molar-refractivity contribution in [1.82, 2.24) is 9.88 Å². The molecule has 0 unspecified atom stereocenters. The van der Waals surface area contributed by atoms with Crippen LogP contribution in [0.25, 0.3) is 0 Å². The van der Waals surface area contributed by atoms with Gasteiger partial charge in [0.1, 0.15) is 0 Å². The van der Waals surface area contributed by atoms with Crippen molar-refractivity contribution in [2.24, 2.45) is 0 Å². The molecule has 2 aromatic rings. The van der Waals surface area contributed by atoms with Gasteiger partial charge < -0.3 is 19.1 Å². The summed E-state index contributed by atoms with van der Waals surface area (Å²) in [4.78, 5) is 9.28. The predicted octanol–water partition coefficient (Wildman–Crippen LogP) is 4.65. The number of benzene rings is 1. The second-order valence-corrected chi connectivity index (χ2v) is 9.52. The number of aryl methyl sites for hydroxylation is 1. The van der Waals surface area contributed by atoms with Gasteiger partial charge in [-0.3, -0.25) is 4.90 Å².